The molecule has 1 unspecified atom stereocenters. The topological polar surface area (TPSA) is 59.6 Å². The van der Waals surface area contributed by atoms with Crippen LogP contribution in [0.15, 0.2) is 24.3 Å². The molecule has 0 aliphatic carbocycles. The normalized spacial score (nSPS) is 12.7. The Labute approximate surface area is 139 Å². The van der Waals surface area contributed by atoms with Gasteiger partial charge < -0.3 is 20.1 Å². The van der Waals surface area contributed by atoms with Crippen LogP contribution in [-0.4, -0.2) is 30.9 Å². The third-order valence-corrected chi connectivity index (χ3v) is 3.15. The maximum Gasteiger partial charge on any atom is 0.407 e. The van der Waals surface area contributed by atoms with Gasteiger partial charge in [0.25, 0.3) is 0 Å². The van der Waals surface area contributed by atoms with Crippen molar-refractivity contribution in [3.63, 3.8) is 0 Å². The Hall–Kier alpha value is -1.59. The van der Waals surface area contributed by atoms with Gasteiger partial charge >= 0.3 is 6.09 Å². The second-order valence-electron chi connectivity index (χ2n) is 6.57. The fourth-order valence-electron chi connectivity index (χ4n) is 2.02. The van der Waals surface area contributed by atoms with E-state index in [1.165, 1.54) is 0 Å². The Morgan fingerprint density at radius 2 is 1.78 bits per heavy atom. The van der Waals surface area contributed by atoms with E-state index < -0.39 is 11.7 Å². The second kappa shape index (κ2) is 9.53. The predicted molar refractivity (Wildman–Crippen MR) is 92.3 cm³/mol. The Morgan fingerprint density at radius 1 is 1.17 bits per heavy atom. The summed E-state index contributed by atoms with van der Waals surface area (Å²) >= 11 is 0. The largest absolute Gasteiger partial charge is 0.444 e. The van der Waals surface area contributed by atoms with Crippen LogP contribution in [0.2, 0.25) is 0 Å². The molecule has 5 heteroatoms. The summed E-state index contributed by atoms with van der Waals surface area (Å²) < 4.78 is 10.7. The summed E-state index contributed by atoms with van der Waals surface area (Å²) in [6, 6.07) is 8.33. The first-order valence-corrected chi connectivity index (χ1v) is 8.16. The van der Waals surface area contributed by atoms with Crippen LogP contribution < -0.4 is 10.6 Å². The molecule has 0 aliphatic rings. The zero-order chi connectivity index (χ0) is 17.3. The lowest BCUT2D eigenvalue weighted by molar-refractivity contribution is 0.0523. The number of hydrogen-bond acceptors (Lipinski definition) is 4. The molecule has 2 N–H and O–H groups in total. The maximum absolute atomic E-state index is 11.8. The monoisotopic (exact) mass is 322 g/mol. The molecule has 1 aromatic carbocycles. The quantitative estimate of drug-likeness (QED) is 0.771. The summed E-state index contributed by atoms with van der Waals surface area (Å²) in [5.74, 6) is 0. The van der Waals surface area contributed by atoms with E-state index in [0.29, 0.717) is 13.2 Å². The maximum atomic E-state index is 11.8. The second-order valence-corrected chi connectivity index (χ2v) is 6.57. The van der Waals surface area contributed by atoms with Crippen LogP contribution in [0, 0.1) is 0 Å². The van der Waals surface area contributed by atoms with Gasteiger partial charge in [-0.15, -0.1) is 0 Å². The van der Waals surface area contributed by atoms with Gasteiger partial charge in [-0.3, -0.25) is 0 Å². The molecule has 0 heterocycles. The van der Waals surface area contributed by atoms with Crippen LogP contribution in [0.25, 0.3) is 0 Å². The highest BCUT2D eigenvalue weighted by Crippen LogP contribution is 2.10. The Balaban J connectivity index is 2.52. The molecular weight excluding hydrogens is 292 g/mol. The number of alkyl carbamates (subject to hydrolysis) is 1. The molecule has 0 bridgehead atoms. The Kier molecular flexibility index (Phi) is 8.06. The van der Waals surface area contributed by atoms with Gasteiger partial charge in [-0.1, -0.05) is 24.3 Å². The minimum atomic E-state index is -0.486. The van der Waals surface area contributed by atoms with Crippen LogP contribution in [-0.2, 0) is 22.6 Å². The van der Waals surface area contributed by atoms with Gasteiger partial charge in [-0.05, 0) is 45.7 Å². The molecule has 0 fully saturated rings. The number of rotatable bonds is 8. The van der Waals surface area contributed by atoms with Crippen LogP contribution in [0.1, 0.15) is 45.7 Å². The summed E-state index contributed by atoms with van der Waals surface area (Å²) in [7, 11) is 0. The number of ether oxygens (including phenoxy) is 2. The van der Waals surface area contributed by atoms with E-state index in [9.17, 15) is 4.79 Å². The first-order valence-electron chi connectivity index (χ1n) is 8.16. The zero-order valence-electron chi connectivity index (χ0n) is 14.9. The third-order valence-electron chi connectivity index (χ3n) is 3.15. The SMILES string of the molecule is CCOCC(C)NCc1ccccc1CNC(=O)OC(C)(C)C. The minimum absolute atomic E-state index is 0.279. The summed E-state index contributed by atoms with van der Waals surface area (Å²) in [6.07, 6.45) is -0.398. The standard InChI is InChI=1S/C18H30N2O3/c1-6-22-13-14(2)19-11-15-9-7-8-10-16(15)12-20-17(21)23-18(3,4)5/h7-10,14,19H,6,11-13H2,1-5H3,(H,20,21). The van der Waals surface area contributed by atoms with Crippen molar-refractivity contribution in [3.8, 4) is 0 Å². The van der Waals surface area contributed by atoms with Crippen molar-refractivity contribution in [2.24, 2.45) is 0 Å². The van der Waals surface area contributed by atoms with Crippen molar-refractivity contribution in [1.82, 2.24) is 10.6 Å². The average Bonchev–Trinajstić information content (AvgIpc) is 2.48. The van der Waals surface area contributed by atoms with Gasteiger partial charge in [0.15, 0.2) is 0 Å². The fraction of sp³-hybridized carbons (Fsp3) is 0.611. The van der Waals surface area contributed by atoms with E-state index in [4.69, 9.17) is 9.47 Å². The molecule has 0 aromatic heterocycles. The van der Waals surface area contributed by atoms with Crippen molar-refractivity contribution in [3.05, 3.63) is 35.4 Å². The summed E-state index contributed by atoms with van der Waals surface area (Å²) in [5.41, 5.74) is 1.75. The Bertz CT molecular complexity index is 483. The summed E-state index contributed by atoms with van der Waals surface area (Å²) in [4.78, 5) is 11.8. The van der Waals surface area contributed by atoms with E-state index in [-0.39, 0.29) is 6.04 Å². The van der Waals surface area contributed by atoms with Crippen LogP contribution in [0.5, 0.6) is 0 Å². The highest BCUT2D eigenvalue weighted by Gasteiger charge is 2.16. The van der Waals surface area contributed by atoms with Gasteiger partial charge in [0, 0.05) is 25.7 Å². The van der Waals surface area contributed by atoms with Gasteiger partial charge in [0.2, 0.25) is 0 Å². The molecule has 0 saturated carbocycles. The number of benzene rings is 1. The van der Waals surface area contributed by atoms with E-state index >= 15 is 0 Å². The van der Waals surface area contributed by atoms with Crippen molar-refractivity contribution >= 4 is 6.09 Å². The first-order chi connectivity index (χ1) is 10.8. The predicted octanol–water partition coefficient (Wildman–Crippen LogP) is 3.23. The van der Waals surface area contributed by atoms with Gasteiger partial charge in [-0.2, -0.15) is 0 Å². The number of carbonyl (C=O) groups excluding carboxylic acids is 1. The third kappa shape index (κ3) is 8.57. The number of amides is 1. The lowest BCUT2D eigenvalue weighted by atomic mass is 10.1. The van der Waals surface area contributed by atoms with E-state index in [2.05, 4.69) is 23.6 Å². The molecule has 0 spiro atoms. The molecule has 5 nitrogen and oxygen atoms in total. The fourth-order valence-corrected chi connectivity index (χ4v) is 2.02. The van der Waals surface area contributed by atoms with Crippen molar-refractivity contribution in [2.45, 2.75) is 59.4 Å². The molecule has 0 radical (unpaired) electrons. The number of nitrogens with one attached hydrogen (secondary N) is 2. The number of carbonyl (C=O) groups is 1. The molecule has 0 saturated heterocycles. The minimum Gasteiger partial charge on any atom is -0.444 e. The summed E-state index contributed by atoms with van der Waals surface area (Å²) in [5, 5.41) is 6.24. The smallest absolute Gasteiger partial charge is 0.407 e. The molecule has 130 valence electrons. The van der Waals surface area contributed by atoms with Crippen LogP contribution in [0.3, 0.4) is 0 Å². The average molecular weight is 322 g/mol. The highest BCUT2D eigenvalue weighted by atomic mass is 16.6. The molecular formula is C18H30N2O3. The van der Waals surface area contributed by atoms with E-state index in [0.717, 1.165) is 24.3 Å². The molecule has 1 atom stereocenters. The van der Waals surface area contributed by atoms with Gasteiger partial charge in [-0.25, -0.2) is 4.79 Å². The molecule has 1 amide bonds. The molecule has 1 aromatic rings. The van der Waals surface area contributed by atoms with E-state index in [1.54, 1.807) is 0 Å². The zero-order valence-corrected chi connectivity index (χ0v) is 14.9. The Morgan fingerprint density at radius 3 is 2.35 bits per heavy atom. The van der Waals surface area contributed by atoms with Gasteiger partial charge in [0.05, 0.1) is 6.61 Å². The van der Waals surface area contributed by atoms with Crippen molar-refractivity contribution < 1.29 is 14.3 Å². The lowest BCUT2D eigenvalue weighted by Gasteiger charge is -2.20. The molecule has 23 heavy (non-hydrogen) atoms. The number of hydrogen-bond donors (Lipinski definition) is 2. The van der Waals surface area contributed by atoms with Gasteiger partial charge in [0.1, 0.15) is 5.60 Å². The van der Waals surface area contributed by atoms with Crippen LogP contribution in [0.4, 0.5) is 4.79 Å². The van der Waals surface area contributed by atoms with Crippen molar-refractivity contribution in [1.29, 1.82) is 0 Å². The van der Waals surface area contributed by atoms with Crippen molar-refractivity contribution in [2.75, 3.05) is 13.2 Å². The molecule has 0 aliphatic heterocycles. The highest BCUT2D eigenvalue weighted by molar-refractivity contribution is 5.67. The van der Waals surface area contributed by atoms with Crippen LogP contribution >= 0.6 is 0 Å². The molecule has 1 rings (SSSR count). The first kappa shape index (κ1) is 19.5. The lowest BCUT2D eigenvalue weighted by Crippen LogP contribution is -2.33. The summed E-state index contributed by atoms with van der Waals surface area (Å²) in [6.45, 7) is 12.2. The van der Waals surface area contributed by atoms with E-state index in [1.807, 2.05) is 45.9 Å².